The van der Waals surface area contributed by atoms with Gasteiger partial charge in [0.15, 0.2) is 12.6 Å². The number of rotatable bonds is 0. The van der Waals surface area contributed by atoms with Crippen LogP contribution in [0.15, 0.2) is 0 Å². The molecule has 0 radical (unpaired) electrons. The third-order valence-corrected chi connectivity index (χ3v) is 9.35. The number of aliphatic hydroxyl groups excluding tert-OH is 3. The van der Waals surface area contributed by atoms with E-state index in [9.17, 15) is 15.3 Å². The monoisotopic (exact) mass is 352 g/mol. The van der Waals surface area contributed by atoms with Crippen LogP contribution in [0.25, 0.3) is 0 Å². The molecule has 4 aliphatic carbocycles. The summed E-state index contributed by atoms with van der Waals surface area (Å²) < 4.78 is 11.9. The molecule has 1 spiro atoms. The lowest BCUT2D eigenvalue weighted by atomic mass is 9.43. The average molecular weight is 352 g/mol. The van der Waals surface area contributed by atoms with Gasteiger partial charge in [-0.15, -0.1) is 0 Å². The van der Waals surface area contributed by atoms with Crippen LogP contribution in [0.2, 0.25) is 0 Å². The van der Waals surface area contributed by atoms with Crippen LogP contribution >= 0.6 is 0 Å². The van der Waals surface area contributed by atoms with Gasteiger partial charge in [0.25, 0.3) is 0 Å². The summed E-state index contributed by atoms with van der Waals surface area (Å²) in [6.45, 7) is 4.97. The van der Waals surface area contributed by atoms with E-state index in [-0.39, 0.29) is 28.8 Å². The number of aliphatic hydroxyl groups is 3. The largest absolute Gasteiger partial charge is 0.393 e. The topological polar surface area (TPSA) is 79.2 Å². The summed E-state index contributed by atoms with van der Waals surface area (Å²) in [5.74, 6) is 0.409. The molecular formula is C20H32O5. The Labute approximate surface area is 149 Å². The maximum absolute atomic E-state index is 11.1. The molecule has 1 heterocycles. The molecule has 0 aromatic carbocycles. The Hall–Kier alpha value is -0.200. The quantitative estimate of drug-likeness (QED) is 0.622. The minimum atomic E-state index is -0.733. The third kappa shape index (κ3) is 1.92. The van der Waals surface area contributed by atoms with Crippen molar-refractivity contribution in [2.45, 2.75) is 82.9 Å². The molecule has 25 heavy (non-hydrogen) atoms. The predicted octanol–water partition coefficient (Wildman–Crippen LogP) is 2.03. The van der Waals surface area contributed by atoms with Gasteiger partial charge in [-0.05, 0) is 67.6 Å². The molecule has 0 aromatic heterocycles. The van der Waals surface area contributed by atoms with Crippen molar-refractivity contribution in [1.82, 2.24) is 0 Å². The third-order valence-electron chi connectivity index (χ3n) is 9.35. The predicted molar refractivity (Wildman–Crippen MR) is 90.3 cm³/mol. The molecular weight excluding hydrogens is 320 g/mol. The van der Waals surface area contributed by atoms with Gasteiger partial charge in [-0.2, -0.15) is 0 Å². The lowest BCUT2D eigenvalue weighted by Gasteiger charge is -2.64. The van der Waals surface area contributed by atoms with Gasteiger partial charge in [-0.25, -0.2) is 0 Å². The van der Waals surface area contributed by atoms with E-state index in [0.29, 0.717) is 25.0 Å². The molecule has 142 valence electrons. The molecule has 3 N–H and O–H groups in total. The van der Waals surface area contributed by atoms with E-state index in [0.717, 1.165) is 38.5 Å². The number of fused-ring (bicyclic) bond motifs is 6. The first-order valence-corrected chi connectivity index (χ1v) is 10.1. The second kappa shape index (κ2) is 5.20. The van der Waals surface area contributed by atoms with Gasteiger partial charge in [0.1, 0.15) is 0 Å². The van der Waals surface area contributed by atoms with Gasteiger partial charge >= 0.3 is 0 Å². The first kappa shape index (κ1) is 16.9. The highest BCUT2D eigenvalue weighted by Crippen LogP contribution is 2.70. The van der Waals surface area contributed by atoms with Gasteiger partial charge in [0.2, 0.25) is 0 Å². The normalized spacial score (nSPS) is 59.6. The maximum Gasteiger partial charge on any atom is 0.179 e. The summed E-state index contributed by atoms with van der Waals surface area (Å²) >= 11 is 0. The second-order valence-corrected chi connectivity index (χ2v) is 9.97. The van der Waals surface area contributed by atoms with Crippen LogP contribution in [0, 0.1) is 34.5 Å². The van der Waals surface area contributed by atoms with Gasteiger partial charge in [-0.3, -0.25) is 0 Å². The van der Waals surface area contributed by atoms with Gasteiger partial charge in [0, 0.05) is 11.8 Å². The Morgan fingerprint density at radius 1 is 0.800 bits per heavy atom. The molecule has 0 amide bonds. The van der Waals surface area contributed by atoms with Crippen molar-refractivity contribution in [1.29, 1.82) is 0 Å². The first-order chi connectivity index (χ1) is 11.8. The molecule has 9 atom stereocenters. The van der Waals surface area contributed by atoms with Gasteiger partial charge < -0.3 is 24.8 Å². The van der Waals surface area contributed by atoms with E-state index in [1.807, 2.05) is 0 Å². The zero-order valence-corrected chi connectivity index (χ0v) is 15.4. The minimum absolute atomic E-state index is 0.00317. The molecule has 1 unspecified atom stereocenters. The average Bonchev–Trinajstić information content (AvgIpc) is 2.87. The molecule has 5 nitrogen and oxygen atoms in total. The van der Waals surface area contributed by atoms with Crippen molar-refractivity contribution in [3.8, 4) is 0 Å². The van der Waals surface area contributed by atoms with Crippen molar-refractivity contribution < 1.29 is 24.8 Å². The van der Waals surface area contributed by atoms with Crippen LogP contribution in [-0.4, -0.2) is 46.2 Å². The highest BCUT2D eigenvalue weighted by Gasteiger charge is 2.70. The van der Waals surface area contributed by atoms with E-state index >= 15 is 0 Å². The minimum Gasteiger partial charge on any atom is -0.393 e. The fourth-order valence-corrected chi connectivity index (χ4v) is 7.87. The summed E-state index contributed by atoms with van der Waals surface area (Å²) in [7, 11) is 0. The zero-order chi connectivity index (χ0) is 17.6. The molecule has 5 heteroatoms. The van der Waals surface area contributed by atoms with E-state index in [1.165, 1.54) is 0 Å². The van der Waals surface area contributed by atoms with E-state index in [2.05, 4.69) is 13.8 Å². The molecule has 5 aliphatic rings. The molecule has 5 fully saturated rings. The summed E-state index contributed by atoms with van der Waals surface area (Å²) in [6, 6.07) is 0. The van der Waals surface area contributed by atoms with Crippen molar-refractivity contribution >= 4 is 0 Å². The number of hydrogen-bond donors (Lipinski definition) is 3. The molecule has 0 aromatic rings. The zero-order valence-electron chi connectivity index (χ0n) is 15.4. The molecule has 4 saturated carbocycles. The van der Waals surface area contributed by atoms with Gasteiger partial charge in [0.05, 0.1) is 18.3 Å². The smallest absolute Gasteiger partial charge is 0.179 e. The van der Waals surface area contributed by atoms with Crippen LogP contribution in [0.4, 0.5) is 0 Å². The van der Waals surface area contributed by atoms with Crippen LogP contribution in [0.3, 0.4) is 0 Å². The van der Waals surface area contributed by atoms with Crippen LogP contribution in [0.5, 0.6) is 0 Å². The SMILES string of the molecule is C[C@]12CC[C@H](O)CC1[C@@H](O)[C@H](O)[C@@H]1[C@@H]2CC[C@@]2(C)[C@H]1CCC21OCO1. The molecule has 5 rings (SSSR count). The summed E-state index contributed by atoms with van der Waals surface area (Å²) in [5.41, 5.74) is -0.0502. The first-order valence-electron chi connectivity index (χ1n) is 10.1. The number of hydrogen-bond acceptors (Lipinski definition) is 5. The Morgan fingerprint density at radius 2 is 1.52 bits per heavy atom. The highest BCUT2D eigenvalue weighted by atomic mass is 16.9. The molecule has 0 bridgehead atoms. The fourth-order valence-electron chi connectivity index (χ4n) is 7.87. The molecule has 1 aliphatic heterocycles. The second-order valence-electron chi connectivity index (χ2n) is 9.97. The Morgan fingerprint density at radius 3 is 2.20 bits per heavy atom. The lowest BCUT2D eigenvalue weighted by molar-refractivity contribution is -0.438. The molecule has 1 saturated heterocycles. The van der Waals surface area contributed by atoms with Crippen LogP contribution in [-0.2, 0) is 9.47 Å². The van der Waals surface area contributed by atoms with E-state index in [4.69, 9.17) is 9.47 Å². The Bertz CT molecular complexity index is 562. The van der Waals surface area contributed by atoms with Crippen molar-refractivity contribution in [3.05, 3.63) is 0 Å². The summed E-state index contributed by atoms with van der Waals surface area (Å²) in [5, 5.41) is 32.2. The Kier molecular flexibility index (Phi) is 3.52. The summed E-state index contributed by atoms with van der Waals surface area (Å²) in [6.07, 6.45) is 4.64. The van der Waals surface area contributed by atoms with Gasteiger partial charge in [-0.1, -0.05) is 13.8 Å². The fraction of sp³-hybridized carbons (Fsp3) is 1.00. The lowest BCUT2D eigenvalue weighted by Crippen LogP contribution is -2.66. The van der Waals surface area contributed by atoms with Crippen molar-refractivity contribution in [2.24, 2.45) is 34.5 Å². The standard InChI is InChI=1S/C20H32O5/c1-18-6-3-11(21)9-14(18)16(22)17(23)15-12(18)4-7-19(2)13(15)5-8-20(19)24-10-25-20/h11-17,21-23H,3-10H2,1-2H3/t11-,12-,13-,14?,15+,16+,17+,18+,19-/m0/s1. The highest BCUT2D eigenvalue weighted by molar-refractivity contribution is 5.16. The van der Waals surface area contributed by atoms with Crippen molar-refractivity contribution in [3.63, 3.8) is 0 Å². The van der Waals surface area contributed by atoms with Crippen LogP contribution in [0.1, 0.15) is 58.8 Å². The maximum atomic E-state index is 11.1. The van der Waals surface area contributed by atoms with Crippen molar-refractivity contribution in [2.75, 3.05) is 6.79 Å². The van der Waals surface area contributed by atoms with E-state index < -0.39 is 18.0 Å². The van der Waals surface area contributed by atoms with E-state index in [1.54, 1.807) is 0 Å². The Balaban J connectivity index is 1.52. The van der Waals surface area contributed by atoms with Crippen LogP contribution < -0.4 is 0 Å². The summed E-state index contributed by atoms with van der Waals surface area (Å²) in [4.78, 5) is 0. The number of ether oxygens (including phenoxy) is 2.